The van der Waals surface area contributed by atoms with E-state index in [9.17, 15) is 9.59 Å². The molecule has 1 aliphatic carbocycles. The van der Waals surface area contributed by atoms with E-state index in [0.717, 1.165) is 24.2 Å². The lowest BCUT2D eigenvalue weighted by molar-refractivity contribution is -0.140. The Morgan fingerprint density at radius 1 is 1.33 bits per heavy atom. The van der Waals surface area contributed by atoms with E-state index >= 15 is 0 Å². The van der Waals surface area contributed by atoms with Crippen LogP contribution in [-0.2, 0) is 16.1 Å². The van der Waals surface area contributed by atoms with Crippen LogP contribution < -0.4 is 10.1 Å². The molecule has 1 fully saturated rings. The van der Waals surface area contributed by atoms with Gasteiger partial charge in [-0.05, 0) is 37.5 Å². The van der Waals surface area contributed by atoms with Gasteiger partial charge in [-0.1, -0.05) is 31.9 Å². The number of ether oxygens (including phenoxy) is 1. The predicted octanol–water partition coefficient (Wildman–Crippen LogP) is 2.88. The van der Waals surface area contributed by atoms with Gasteiger partial charge < -0.3 is 15.0 Å². The first-order valence-electron chi connectivity index (χ1n) is 8.78. The highest BCUT2D eigenvalue weighted by Crippen LogP contribution is 2.19. The van der Waals surface area contributed by atoms with Crippen molar-refractivity contribution >= 4 is 11.8 Å². The molecule has 1 saturated carbocycles. The molecule has 132 valence electrons. The molecule has 0 saturated heterocycles. The largest absolute Gasteiger partial charge is 0.497 e. The molecule has 0 aromatic heterocycles. The van der Waals surface area contributed by atoms with Gasteiger partial charge in [-0.3, -0.25) is 9.59 Å². The Bertz CT molecular complexity index is 567. The first kappa shape index (κ1) is 18.3. The third-order valence-electron chi connectivity index (χ3n) is 4.66. The fourth-order valence-electron chi connectivity index (χ4n) is 3.15. The van der Waals surface area contributed by atoms with Gasteiger partial charge in [0.05, 0.1) is 7.11 Å². The fraction of sp³-hybridized carbons (Fsp3) is 0.579. The monoisotopic (exact) mass is 332 g/mol. The third kappa shape index (κ3) is 4.73. The highest BCUT2D eigenvalue weighted by atomic mass is 16.5. The molecule has 1 aliphatic rings. The Morgan fingerprint density at radius 3 is 2.67 bits per heavy atom. The number of methoxy groups -OCH3 is 1. The van der Waals surface area contributed by atoms with Gasteiger partial charge in [0.1, 0.15) is 11.8 Å². The van der Waals surface area contributed by atoms with Crippen LogP contribution in [-0.4, -0.2) is 35.9 Å². The van der Waals surface area contributed by atoms with Crippen molar-refractivity contribution in [3.63, 3.8) is 0 Å². The molecule has 24 heavy (non-hydrogen) atoms. The zero-order valence-electron chi connectivity index (χ0n) is 14.9. The van der Waals surface area contributed by atoms with Crippen LogP contribution in [0.2, 0.25) is 0 Å². The van der Waals surface area contributed by atoms with Crippen molar-refractivity contribution in [1.82, 2.24) is 10.2 Å². The Morgan fingerprint density at radius 2 is 2.04 bits per heavy atom. The van der Waals surface area contributed by atoms with Crippen molar-refractivity contribution in [3.8, 4) is 5.75 Å². The molecule has 0 heterocycles. The standard InChI is InChI=1S/C19H28N2O3/c1-4-18(22)21(13-15-8-7-11-17(12-15)24-3)14(2)19(23)20-16-9-5-6-10-16/h7-8,11-12,14,16H,4-6,9-10,13H2,1-3H3,(H,20,23). The zero-order valence-corrected chi connectivity index (χ0v) is 14.9. The van der Waals surface area contributed by atoms with Crippen LogP contribution in [0, 0.1) is 0 Å². The van der Waals surface area contributed by atoms with Gasteiger partial charge in [-0.25, -0.2) is 0 Å². The molecular weight excluding hydrogens is 304 g/mol. The molecule has 5 heteroatoms. The fourth-order valence-corrected chi connectivity index (χ4v) is 3.15. The van der Waals surface area contributed by atoms with E-state index in [2.05, 4.69) is 5.32 Å². The van der Waals surface area contributed by atoms with Crippen LogP contribution in [0.4, 0.5) is 0 Å². The molecule has 2 rings (SSSR count). The van der Waals surface area contributed by atoms with Crippen LogP contribution in [0.5, 0.6) is 5.75 Å². The summed E-state index contributed by atoms with van der Waals surface area (Å²) < 4.78 is 5.24. The maximum absolute atomic E-state index is 12.5. The van der Waals surface area contributed by atoms with Crippen LogP contribution in [0.25, 0.3) is 0 Å². The highest BCUT2D eigenvalue weighted by Gasteiger charge is 2.27. The van der Waals surface area contributed by atoms with Crippen LogP contribution in [0.15, 0.2) is 24.3 Å². The van der Waals surface area contributed by atoms with Gasteiger partial charge in [0.25, 0.3) is 0 Å². The minimum atomic E-state index is -0.482. The van der Waals surface area contributed by atoms with E-state index in [0.29, 0.717) is 13.0 Å². The second kappa shape index (κ2) is 8.71. The first-order valence-corrected chi connectivity index (χ1v) is 8.78. The number of carbonyl (C=O) groups excluding carboxylic acids is 2. The molecule has 0 aliphatic heterocycles. The number of hydrogen-bond acceptors (Lipinski definition) is 3. The number of hydrogen-bond donors (Lipinski definition) is 1. The van der Waals surface area contributed by atoms with Crippen molar-refractivity contribution in [2.24, 2.45) is 0 Å². The molecule has 1 aromatic carbocycles. The SMILES string of the molecule is CCC(=O)N(Cc1cccc(OC)c1)C(C)C(=O)NC1CCCC1. The number of nitrogens with one attached hydrogen (secondary N) is 1. The Labute approximate surface area is 144 Å². The molecule has 1 atom stereocenters. The average Bonchev–Trinajstić information content (AvgIpc) is 3.11. The molecular formula is C19H28N2O3. The van der Waals surface area contributed by atoms with Crippen LogP contribution in [0.1, 0.15) is 51.5 Å². The van der Waals surface area contributed by atoms with Crippen molar-refractivity contribution in [2.45, 2.75) is 64.6 Å². The van der Waals surface area contributed by atoms with Gasteiger partial charge in [0.15, 0.2) is 0 Å². The lowest BCUT2D eigenvalue weighted by Crippen LogP contribution is -2.49. The van der Waals surface area contributed by atoms with Crippen molar-refractivity contribution in [3.05, 3.63) is 29.8 Å². The van der Waals surface area contributed by atoms with Crippen molar-refractivity contribution < 1.29 is 14.3 Å². The van der Waals surface area contributed by atoms with Gasteiger partial charge in [0, 0.05) is 19.0 Å². The predicted molar refractivity (Wildman–Crippen MR) is 93.7 cm³/mol. The van der Waals surface area contributed by atoms with E-state index in [1.807, 2.05) is 31.2 Å². The maximum Gasteiger partial charge on any atom is 0.242 e. The third-order valence-corrected chi connectivity index (χ3v) is 4.66. The lowest BCUT2D eigenvalue weighted by Gasteiger charge is -2.29. The number of nitrogens with zero attached hydrogens (tertiary/aromatic N) is 1. The van der Waals surface area contributed by atoms with Crippen LogP contribution >= 0.6 is 0 Å². The second-order valence-electron chi connectivity index (χ2n) is 6.39. The summed E-state index contributed by atoms with van der Waals surface area (Å²) in [6, 6.07) is 7.38. The summed E-state index contributed by atoms with van der Waals surface area (Å²) in [4.78, 5) is 26.6. The summed E-state index contributed by atoms with van der Waals surface area (Å²) in [5.74, 6) is 0.665. The molecule has 5 nitrogen and oxygen atoms in total. The van der Waals surface area contributed by atoms with Gasteiger partial charge in [0.2, 0.25) is 11.8 Å². The molecule has 1 unspecified atom stereocenters. The average molecular weight is 332 g/mol. The molecule has 1 N–H and O–H groups in total. The highest BCUT2D eigenvalue weighted by molar-refractivity contribution is 5.87. The second-order valence-corrected chi connectivity index (χ2v) is 6.39. The molecule has 0 bridgehead atoms. The topological polar surface area (TPSA) is 58.6 Å². The lowest BCUT2D eigenvalue weighted by atomic mass is 10.1. The van der Waals surface area contributed by atoms with E-state index in [4.69, 9.17) is 4.74 Å². The van der Waals surface area contributed by atoms with Crippen LogP contribution in [0.3, 0.4) is 0 Å². The van der Waals surface area contributed by atoms with E-state index in [-0.39, 0.29) is 17.9 Å². The van der Waals surface area contributed by atoms with E-state index in [1.165, 1.54) is 12.8 Å². The molecule has 2 amide bonds. The summed E-state index contributed by atoms with van der Waals surface area (Å²) in [5.41, 5.74) is 0.955. The smallest absolute Gasteiger partial charge is 0.242 e. The molecule has 1 aromatic rings. The van der Waals surface area contributed by atoms with Crippen molar-refractivity contribution in [1.29, 1.82) is 0 Å². The summed E-state index contributed by atoms with van der Waals surface area (Å²) in [5, 5.41) is 3.09. The summed E-state index contributed by atoms with van der Waals surface area (Å²) in [6.45, 7) is 4.03. The number of carbonyl (C=O) groups is 2. The van der Waals surface area contributed by atoms with Crippen molar-refractivity contribution in [2.75, 3.05) is 7.11 Å². The van der Waals surface area contributed by atoms with Gasteiger partial charge in [-0.2, -0.15) is 0 Å². The van der Waals surface area contributed by atoms with E-state index in [1.54, 1.807) is 18.9 Å². The number of benzene rings is 1. The summed E-state index contributed by atoms with van der Waals surface area (Å²) in [7, 11) is 1.62. The van der Waals surface area contributed by atoms with E-state index < -0.39 is 6.04 Å². The van der Waals surface area contributed by atoms with Gasteiger partial charge >= 0.3 is 0 Å². The molecule has 0 spiro atoms. The Balaban J connectivity index is 2.08. The quantitative estimate of drug-likeness (QED) is 0.835. The first-order chi connectivity index (χ1) is 11.5. The summed E-state index contributed by atoms with van der Waals surface area (Å²) in [6.07, 6.45) is 4.79. The minimum absolute atomic E-state index is 0.0214. The van der Waals surface area contributed by atoms with Gasteiger partial charge in [-0.15, -0.1) is 0 Å². The normalized spacial score (nSPS) is 15.8. The summed E-state index contributed by atoms with van der Waals surface area (Å²) >= 11 is 0. The maximum atomic E-state index is 12.5. The Kier molecular flexibility index (Phi) is 6.64. The number of rotatable bonds is 7. The Hall–Kier alpha value is -2.04. The number of amides is 2. The molecule has 0 radical (unpaired) electrons. The zero-order chi connectivity index (χ0) is 17.5. The minimum Gasteiger partial charge on any atom is -0.497 e.